The number of benzene rings is 1. The van der Waals surface area contributed by atoms with Crippen LogP contribution >= 0.6 is 24.0 Å². The number of nitrogens with one attached hydrogen (secondary N) is 1. The van der Waals surface area contributed by atoms with Crippen molar-refractivity contribution in [3.8, 4) is 5.69 Å². The van der Waals surface area contributed by atoms with Crippen molar-refractivity contribution in [1.29, 1.82) is 0 Å². The molecule has 1 aromatic heterocycles. The Kier molecular flexibility index (Phi) is 5.66. The fraction of sp³-hybridized carbons (Fsp3) is 0.474. The molecule has 2 aromatic rings. The Labute approximate surface area is 166 Å². The summed E-state index contributed by atoms with van der Waals surface area (Å²) in [4.78, 5) is 6.90. The summed E-state index contributed by atoms with van der Waals surface area (Å²) < 4.78 is 1.92. The van der Waals surface area contributed by atoms with Gasteiger partial charge in [-0.15, -0.1) is 24.0 Å². The van der Waals surface area contributed by atoms with Crippen LogP contribution in [0, 0.1) is 5.41 Å². The van der Waals surface area contributed by atoms with Gasteiger partial charge in [-0.2, -0.15) is 5.10 Å². The molecule has 1 spiro atoms. The number of hydrogen-bond donors (Lipinski definition) is 1. The Morgan fingerprint density at radius 2 is 2.04 bits per heavy atom. The quantitative estimate of drug-likeness (QED) is 0.442. The number of likely N-dealkylation sites (tertiary alicyclic amines) is 1. The van der Waals surface area contributed by atoms with Crippen molar-refractivity contribution in [2.75, 3.05) is 20.1 Å². The average molecular weight is 451 g/mol. The Bertz CT molecular complexity index is 720. The van der Waals surface area contributed by atoms with Crippen LogP contribution in [-0.2, 0) is 6.54 Å². The summed E-state index contributed by atoms with van der Waals surface area (Å²) in [7, 11) is 1.88. The molecule has 0 bridgehead atoms. The average Bonchev–Trinajstić information content (AvgIpc) is 3.23. The van der Waals surface area contributed by atoms with Gasteiger partial charge in [0.15, 0.2) is 5.96 Å². The molecule has 1 N–H and O–H groups in total. The van der Waals surface area contributed by atoms with Crippen LogP contribution in [0.5, 0.6) is 0 Å². The van der Waals surface area contributed by atoms with E-state index in [1.807, 2.05) is 36.1 Å². The molecule has 0 radical (unpaired) electrons. The number of halogens is 1. The van der Waals surface area contributed by atoms with Crippen LogP contribution in [0.15, 0.2) is 47.7 Å². The predicted octanol–water partition coefficient (Wildman–Crippen LogP) is 3.44. The third-order valence-corrected chi connectivity index (χ3v) is 5.47. The number of nitrogens with zero attached hydrogens (tertiary/aromatic N) is 4. The Morgan fingerprint density at radius 1 is 1.24 bits per heavy atom. The van der Waals surface area contributed by atoms with E-state index in [-0.39, 0.29) is 24.0 Å². The maximum atomic E-state index is 4.48. The second-order valence-electron chi connectivity index (χ2n) is 7.05. The van der Waals surface area contributed by atoms with Crippen molar-refractivity contribution in [3.63, 3.8) is 0 Å². The lowest BCUT2D eigenvalue weighted by atomic mass is 9.68. The highest BCUT2D eigenvalue weighted by Crippen LogP contribution is 2.47. The van der Waals surface area contributed by atoms with Gasteiger partial charge in [-0.05, 0) is 36.8 Å². The zero-order valence-corrected chi connectivity index (χ0v) is 17.0. The fourth-order valence-corrected chi connectivity index (χ4v) is 3.89. The van der Waals surface area contributed by atoms with Crippen LogP contribution < -0.4 is 5.32 Å². The first kappa shape index (κ1) is 18.2. The highest BCUT2D eigenvalue weighted by atomic mass is 127. The van der Waals surface area contributed by atoms with E-state index in [1.165, 1.54) is 25.7 Å². The van der Waals surface area contributed by atoms with Crippen molar-refractivity contribution in [1.82, 2.24) is 20.0 Å². The topological polar surface area (TPSA) is 45.5 Å². The van der Waals surface area contributed by atoms with Gasteiger partial charge >= 0.3 is 0 Å². The van der Waals surface area contributed by atoms with Crippen molar-refractivity contribution in [2.45, 2.75) is 32.2 Å². The lowest BCUT2D eigenvalue weighted by Gasteiger charge is -2.38. The fourth-order valence-electron chi connectivity index (χ4n) is 3.89. The molecule has 1 saturated heterocycles. The summed E-state index contributed by atoms with van der Waals surface area (Å²) in [6.45, 7) is 3.04. The molecule has 1 saturated carbocycles. The summed E-state index contributed by atoms with van der Waals surface area (Å²) in [6, 6.07) is 10.2. The van der Waals surface area contributed by atoms with Gasteiger partial charge in [0.25, 0.3) is 0 Å². The molecule has 5 nitrogen and oxygen atoms in total. The molecule has 134 valence electrons. The van der Waals surface area contributed by atoms with Gasteiger partial charge in [0, 0.05) is 38.4 Å². The molecule has 2 aliphatic rings. The Hall–Kier alpha value is -1.57. The highest BCUT2D eigenvalue weighted by molar-refractivity contribution is 14.0. The maximum Gasteiger partial charge on any atom is 0.193 e. The molecule has 2 fully saturated rings. The minimum Gasteiger partial charge on any atom is -0.352 e. The molecule has 1 aliphatic carbocycles. The standard InChI is InChI=1S/C19H25N5.HI/c1-20-18(23-11-10-19(15-23)8-5-9-19)21-12-16-13-22-24(14-16)17-6-3-2-4-7-17;/h2-4,6-7,13-14H,5,8-12,15H2,1H3,(H,20,21);1H. The largest absolute Gasteiger partial charge is 0.352 e. The molecule has 0 amide bonds. The van der Waals surface area contributed by atoms with Crippen molar-refractivity contribution >= 4 is 29.9 Å². The number of rotatable bonds is 3. The van der Waals surface area contributed by atoms with E-state index >= 15 is 0 Å². The van der Waals surface area contributed by atoms with E-state index in [9.17, 15) is 0 Å². The van der Waals surface area contributed by atoms with Crippen LogP contribution in [0.3, 0.4) is 0 Å². The monoisotopic (exact) mass is 451 g/mol. The van der Waals surface area contributed by atoms with E-state index in [0.717, 1.165) is 36.8 Å². The second kappa shape index (κ2) is 7.76. The van der Waals surface area contributed by atoms with E-state index in [1.54, 1.807) is 0 Å². The number of hydrogen-bond acceptors (Lipinski definition) is 2. The molecule has 4 rings (SSSR count). The third-order valence-electron chi connectivity index (χ3n) is 5.47. The number of guanidine groups is 1. The molecule has 0 atom stereocenters. The maximum absolute atomic E-state index is 4.48. The SMILES string of the molecule is CN=C(NCc1cnn(-c2ccccc2)c1)N1CCC2(CCC2)C1.I. The lowest BCUT2D eigenvalue weighted by Crippen LogP contribution is -2.42. The summed E-state index contributed by atoms with van der Waals surface area (Å²) in [5, 5.41) is 7.96. The third kappa shape index (κ3) is 3.83. The second-order valence-corrected chi connectivity index (χ2v) is 7.05. The van der Waals surface area contributed by atoms with Gasteiger partial charge in [-0.1, -0.05) is 24.6 Å². The van der Waals surface area contributed by atoms with Crippen LogP contribution in [0.2, 0.25) is 0 Å². The minimum atomic E-state index is 0. The zero-order chi connectivity index (χ0) is 16.4. The summed E-state index contributed by atoms with van der Waals surface area (Å²) in [6.07, 6.45) is 9.50. The zero-order valence-electron chi connectivity index (χ0n) is 14.7. The van der Waals surface area contributed by atoms with Crippen LogP contribution in [-0.4, -0.2) is 40.8 Å². The highest BCUT2D eigenvalue weighted by Gasteiger charge is 2.43. The number of para-hydroxylation sites is 1. The van der Waals surface area contributed by atoms with Gasteiger partial charge < -0.3 is 10.2 Å². The Balaban J connectivity index is 0.00000182. The minimum absolute atomic E-state index is 0. The Morgan fingerprint density at radius 3 is 2.68 bits per heavy atom. The molecule has 1 aromatic carbocycles. The lowest BCUT2D eigenvalue weighted by molar-refractivity contribution is 0.151. The smallest absolute Gasteiger partial charge is 0.193 e. The first-order valence-corrected chi connectivity index (χ1v) is 8.83. The normalized spacial score (nSPS) is 18.8. The summed E-state index contributed by atoms with van der Waals surface area (Å²) >= 11 is 0. The predicted molar refractivity (Wildman–Crippen MR) is 112 cm³/mol. The van der Waals surface area contributed by atoms with E-state index < -0.39 is 0 Å². The van der Waals surface area contributed by atoms with Crippen LogP contribution in [0.25, 0.3) is 5.69 Å². The molecule has 0 unspecified atom stereocenters. The van der Waals surface area contributed by atoms with Gasteiger partial charge in [0.2, 0.25) is 0 Å². The van der Waals surface area contributed by atoms with Gasteiger partial charge in [-0.25, -0.2) is 4.68 Å². The van der Waals surface area contributed by atoms with E-state index in [2.05, 4.69) is 38.6 Å². The molecular weight excluding hydrogens is 425 g/mol. The molecule has 25 heavy (non-hydrogen) atoms. The van der Waals surface area contributed by atoms with E-state index in [4.69, 9.17) is 0 Å². The van der Waals surface area contributed by atoms with Crippen molar-refractivity contribution in [2.24, 2.45) is 10.4 Å². The molecule has 1 aliphatic heterocycles. The number of aromatic nitrogens is 2. The van der Waals surface area contributed by atoms with Crippen molar-refractivity contribution in [3.05, 3.63) is 48.3 Å². The van der Waals surface area contributed by atoms with Crippen LogP contribution in [0.4, 0.5) is 0 Å². The summed E-state index contributed by atoms with van der Waals surface area (Å²) in [5.41, 5.74) is 2.84. The first-order chi connectivity index (χ1) is 11.8. The molecular formula is C19H26IN5. The number of aliphatic imine (C=N–C) groups is 1. The first-order valence-electron chi connectivity index (χ1n) is 8.83. The van der Waals surface area contributed by atoms with E-state index in [0.29, 0.717) is 5.41 Å². The van der Waals surface area contributed by atoms with Crippen LogP contribution in [0.1, 0.15) is 31.2 Å². The van der Waals surface area contributed by atoms with Crippen molar-refractivity contribution < 1.29 is 0 Å². The molecule has 6 heteroatoms. The van der Waals surface area contributed by atoms with Gasteiger partial charge in [-0.3, -0.25) is 4.99 Å². The molecule has 2 heterocycles. The van der Waals surface area contributed by atoms with Gasteiger partial charge in [0.1, 0.15) is 0 Å². The van der Waals surface area contributed by atoms with Gasteiger partial charge in [0.05, 0.1) is 11.9 Å². The summed E-state index contributed by atoms with van der Waals surface area (Å²) in [5.74, 6) is 1.02.